The molecule has 0 radical (unpaired) electrons. The summed E-state index contributed by atoms with van der Waals surface area (Å²) in [6, 6.07) is 3.93. The Hall–Kier alpha value is -3.10. The van der Waals surface area contributed by atoms with Crippen LogP contribution in [0, 0.1) is 11.7 Å². The van der Waals surface area contributed by atoms with Gasteiger partial charge in [0.25, 0.3) is 0 Å². The number of aromatic carboxylic acids is 1. The van der Waals surface area contributed by atoms with Gasteiger partial charge in [0.15, 0.2) is 28.7 Å². The average Bonchev–Trinajstić information content (AvgIpc) is 3.19. The van der Waals surface area contributed by atoms with Gasteiger partial charge in [-0.25, -0.2) is 9.18 Å². The zero-order chi connectivity index (χ0) is 19.7. The molecule has 1 aromatic heterocycles. The first-order chi connectivity index (χ1) is 12.8. The van der Waals surface area contributed by atoms with E-state index in [1.165, 1.54) is 25.3 Å². The summed E-state index contributed by atoms with van der Waals surface area (Å²) in [5.41, 5.74) is 0.220. The second-order valence-corrected chi connectivity index (χ2v) is 6.59. The van der Waals surface area contributed by atoms with Gasteiger partial charge in [-0.15, -0.1) is 0 Å². The highest BCUT2D eigenvalue weighted by molar-refractivity contribution is 5.99. The molecule has 1 aliphatic heterocycles. The maximum absolute atomic E-state index is 13.6. The Kier molecular flexibility index (Phi) is 5.02. The van der Waals surface area contributed by atoms with Crippen LogP contribution in [0.5, 0.6) is 5.75 Å². The maximum Gasteiger partial charge on any atom is 0.343 e. The van der Waals surface area contributed by atoms with Crippen LogP contribution in [0.25, 0.3) is 11.3 Å². The van der Waals surface area contributed by atoms with Gasteiger partial charge in [0, 0.05) is 45.1 Å². The summed E-state index contributed by atoms with van der Waals surface area (Å²) in [4.78, 5) is 26.9. The van der Waals surface area contributed by atoms with E-state index < -0.39 is 11.8 Å². The van der Waals surface area contributed by atoms with Crippen molar-refractivity contribution < 1.29 is 28.3 Å². The number of carbonyl (C=O) groups excluding carboxylic acids is 1. The third kappa shape index (κ3) is 3.57. The molecule has 1 saturated heterocycles. The van der Waals surface area contributed by atoms with E-state index in [1.54, 1.807) is 23.9 Å². The van der Waals surface area contributed by atoms with Crippen molar-refractivity contribution in [2.24, 2.45) is 5.92 Å². The molecule has 1 atom stereocenters. The Labute approximate surface area is 155 Å². The highest BCUT2D eigenvalue weighted by atomic mass is 19.1. The van der Waals surface area contributed by atoms with Crippen LogP contribution in [0.2, 0.25) is 0 Å². The van der Waals surface area contributed by atoms with Crippen molar-refractivity contribution in [2.45, 2.75) is 6.42 Å². The fourth-order valence-electron chi connectivity index (χ4n) is 3.29. The van der Waals surface area contributed by atoms with Gasteiger partial charge >= 0.3 is 5.97 Å². The number of benzene rings is 1. The van der Waals surface area contributed by atoms with Crippen LogP contribution < -0.4 is 9.64 Å². The van der Waals surface area contributed by atoms with Gasteiger partial charge in [0.1, 0.15) is 0 Å². The second kappa shape index (κ2) is 7.26. The largest absolute Gasteiger partial charge is 0.494 e. The van der Waals surface area contributed by atoms with E-state index in [4.69, 9.17) is 9.26 Å². The standard InChI is InChI=1S/C18H20FN3O5/c1-21-8-10(6-14(21)23)9-22(2)17-15(18(24)25)16(27-20-17)11-4-5-12(19)13(7-11)26-3/h4-5,7,10H,6,8-9H2,1-3H3,(H,24,25). The van der Waals surface area contributed by atoms with Crippen LogP contribution in [0.4, 0.5) is 10.2 Å². The Morgan fingerprint density at radius 2 is 2.26 bits per heavy atom. The lowest BCUT2D eigenvalue weighted by Crippen LogP contribution is -2.28. The third-order valence-electron chi connectivity index (χ3n) is 4.62. The van der Waals surface area contributed by atoms with Crippen molar-refractivity contribution in [2.75, 3.05) is 39.2 Å². The number of nitrogens with zero attached hydrogens (tertiary/aromatic N) is 3. The molecular weight excluding hydrogens is 357 g/mol. The number of ether oxygens (including phenoxy) is 1. The summed E-state index contributed by atoms with van der Waals surface area (Å²) in [6.45, 7) is 1.06. The molecule has 1 fully saturated rings. The van der Waals surface area contributed by atoms with Crippen LogP contribution >= 0.6 is 0 Å². The molecule has 1 amide bonds. The zero-order valence-corrected chi connectivity index (χ0v) is 15.2. The molecule has 144 valence electrons. The molecule has 2 aromatic rings. The molecule has 0 spiro atoms. The second-order valence-electron chi connectivity index (χ2n) is 6.59. The molecule has 9 heteroatoms. The average molecular weight is 377 g/mol. The van der Waals surface area contributed by atoms with Crippen molar-refractivity contribution in [1.29, 1.82) is 0 Å². The molecule has 0 aliphatic carbocycles. The van der Waals surface area contributed by atoms with Crippen molar-refractivity contribution in [3.8, 4) is 17.1 Å². The lowest BCUT2D eigenvalue weighted by atomic mass is 10.1. The minimum absolute atomic E-state index is 0.0160. The summed E-state index contributed by atoms with van der Waals surface area (Å²) in [7, 11) is 4.75. The Morgan fingerprint density at radius 3 is 2.85 bits per heavy atom. The first kappa shape index (κ1) is 18.7. The number of likely N-dealkylation sites (tertiary alicyclic amines) is 1. The van der Waals surface area contributed by atoms with Crippen LogP contribution in [0.3, 0.4) is 0 Å². The van der Waals surface area contributed by atoms with Crippen molar-refractivity contribution >= 4 is 17.7 Å². The van der Waals surface area contributed by atoms with Crippen molar-refractivity contribution in [3.05, 3.63) is 29.6 Å². The Morgan fingerprint density at radius 1 is 1.52 bits per heavy atom. The van der Waals surface area contributed by atoms with Crippen LogP contribution in [-0.4, -0.2) is 61.3 Å². The van der Waals surface area contributed by atoms with Gasteiger partial charge in [0.05, 0.1) is 7.11 Å². The summed E-state index contributed by atoms with van der Waals surface area (Å²) in [5, 5.41) is 13.6. The predicted molar refractivity (Wildman–Crippen MR) is 94.4 cm³/mol. The molecule has 0 bridgehead atoms. The molecule has 1 N–H and O–H groups in total. The molecule has 8 nitrogen and oxygen atoms in total. The van der Waals surface area contributed by atoms with E-state index >= 15 is 0 Å². The van der Waals surface area contributed by atoms with E-state index in [0.29, 0.717) is 25.1 Å². The Bertz CT molecular complexity index is 882. The monoisotopic (exact) mass is 377 g/mol. The molecular formula is C18H20FN3O5. The van der Waals surface area contributed by atoms with Crippen LogP contribution in [0.1, 0.15) is 16.8 Å². The number of carbonyl (C=O) groups is 2. The van der Waals surface area contributed by atoms with E-state index in [-0.39, 0.29) is 34.7 Å². The van der Waals surface area contributed by atoms with Crippen molar-refractivity contribution in [1.82, 2.24) is 10.1 Å². The van der Waals surface area contributed by atoms with E-state index in [9.17, 15) is 19.1 Å². The van der Waals surface area contributed by atoms with E-state index in [2.05, 4.69) is 5.16 Å². The normalized spacial score (nSPS) is 16.7. The van der Waals surface area contributed by atoms with E-state index in [0.717, 1.165) is 0 Å². The molecule has 3 rings (SSSR count). The lowest BCUT2D eigenvalue weighted by molar-refractivity contribution is -0.126. The van der Waals surface area contributed by atoms with Gasteiger partial charge < -0.3 is 24.2 Å². The molecule has 1 unspecified atom stereocenters. The Balaban J connectivity index is 1.92. The topological polar surface area (TPSA) is 96.1 Å². The van der Waals surface area contributed by atoms with Crippen molar-refractivity contribution in [3.63, 3.8) is 0 Å². The molecule has 1 aromatic carbocycles. The van der Waals surface area contributed by atoms with Gasteiger partial charge in [-0.2, -0.15) is 0 Å². The van der Waals surface area contributed by atoms with Gasteiger partial charge in [0.2, 0.25) is 5.91 Å². The number of carboxylic acids is 1. The SMILES string of the molecule is COc1cc(-c2onc(N(C)CC3CC(=O)N(C)C3)c2C(=O)O)ccc1F. The highest BCUT2D eigenvalue weighted by Crippen LogP contribution is 2.34. The van der Waals surface area contributed by atoms with Crippen LogP contribution in [-0.2, 0) is 4.79 Å². The summed E-state index contributed by atoms with van der Waals surface area (Å²) < 4.78 is 23.9. The van der Waals surface area contributed by atoms with Gasteiger partial charge in [-0.3, -0.25) is 4.79 Å². The number of hydrogen-bond acceptors (Lipinski definition) is 6. The smallest absolute Gasteiger partial charge is 0.343 e. The molecule has 0 saturated carbocycles. The molecule has 2 heterocycles. The molecule has 27 heavy (non-hydrogen) atoms. The highest BCUT2D eigenvalue weighted by Gasteiger charge is 2.31. The maximum atomic E-state index is 13.6. The number of anilines is 1. The number of aromatic nitrogens is 1. The summed E-state index contributed by atoms with van der Waals surface area (Å²) >= 11 is 0. The quantitative estimate of drug-likeness (QED) is 0.823. The lowest BCUT2D eigenvalue weighted by Gasteiger charge is -2.20. The number of carboxylic acid groups (broad SMARTS) is 1. The fraction of sp³-hybridized carbons (Fsp3) is 0.389. The fourth-order valence-corrected chi connectivity index (χ4v) is 3.29. The number of hydrogen-bond donors (Lipinski definition) is 1. The number of methoxy groups -OCH3 is 1. The minimum Gasteiger partial charge on any atom is -0.494 e. The molecule has 1 aliphatic rings. The number of rotatable bonds is 6. The third-order valence-corrected chi connectivity index (χ3v) is 4.62. The predicted octanol–water partition coefficient (Wildman–Crippen LogP) is 2.10. The summed E-state index contributed by atoms with van der Waals surface area (Å²) in [5.74, 6) is -1.50. The zero-order valence-electron chi connectivity index (χ0n) is 15.2. The van der Waals surface area contributed by atoms with Gasteiger partial charge in [-0.1, -0.05) is 5.16 Å². The summed E-state index contributed by atoms with van der Waals surface area (Å²) in [6.07, 6.45) is 0.406. The first-order valence-electron chi connectivity index (χ1n) is 8.33. The van der Waals surface area contributed by atoms with Crippen LogP contribution in [0.15, 0.2) is 22.7 Å². The number of halogens is 1. The number of amides is 1. The van der Waals surface area contributed by atoms with Gasteiger partial charge in [-0.05, 0) is 18.2 Å². The minimum atomic E-state index is -1.21. The first-order valence-corrected chi connectivity index (χ1v) is 8.33. The van der Waals surface area contributed by atoms with E-state index in [1.807, 2.05) is 0 Å².